The van der Waals surface area contributed by atoms with E-state index in [-0.39, 0.29) is 11.7 Å². The molecule has 2 rings (SSSR count). The molecule has 0 spiro atoms. The van der Waals surface area contributed by atoms with Crippen LogP contribution < -0.4 is 11.3 Å². The third-order valence-corrected chi connectivity index (χ3v) is 4.07. The second-order valence-electron chi connectivity index (χ2n) is 5.46. The summed E-state index contributed by atoms with van der Waals surface area (Å²) in [6.07, 6.45) is 0. The van der Waals surface area contributed by atoms with Gasteiger partial charge in [-0.2, -0.15) is 5.10 Å². The van der Waals surface area contributed by atoms with Gasteiger partial charge in [0.25, 0.3) is 0 Å². The number of nitrogens with two attached hydrogens (primary N) is 1. The van der Waals surface area contributed by atoms with E-state index in [1.807, 2.05) is 24.6 Å². The number of aryl methyl sites for hydroxylation is 2. The minimum Gasteiger partial charge on any atom is -0.300 e. The van der Waals surface area contributed by atoms with E-state index >= 15 is 0 Å². The standard InChI is InChI=1S/C13H21N7OS/c1-8(2)6-20-12(10-5-9(3)19(4)18-10)16-17-13(20)22-7-11(21)15-14/h5,8H,6-7,14H2,1-4H3,(H,15,21). The van der Waals surface area contributed by atoms with E-state index in [1.54, 1.807) is 4.68 Å². The summed E-state index contributed by atoms with van der Waals surface area (Å²) in [5.74, 6) is 6.19. The SMILES string of the molecule is Cc1cc(-c2nnc(SCC(=O)NN)n2CC(C)C)nn1C. The van der Waals surface area contributed by atoms with E-state index in [0.717, 1.165) is 17.9 Å². The van der Waals surface area contributed by atoms with E-state index in [0.29, 0.717) is 16.9 Å². The van der Waals surface area contributed by atoms with Gasteiger partial charge >= 0.3 is 0 Å². The second kappa shape index (κ2) is 6.93. The van der Waals surface area contributed by atoms with Gasteiger partial charge in [-0.05, 0) is 18.9 Å². The molecule has 0 unspecified atom stereocenters. The molecule has 8 nitrogen and oxygen atoms in total. The minimum atomic E-state index is -0.251. The number of nitrogens with zero attached hydrogens (tertiary/aromatic N) is 5. The third kappa shape index (κ3) is 3.66. The number of thioether (sulfide) groups is 1. The van der Waals surface area contributed by atoms with Crippen LogP contribution in [0.5, 0.6) is 0 Å². The molecular weight excluding hydrogens is 302 g/mol. The zero-order valence-electron chi connectivity index (χ0n) is 13.2. The number of aromatic nitrogens is 5. The fourth-order valence-corrected chi connectivity index (χ4v) is 2.72. The minimum absolute atomic E-state index is 0.202. The molecule has 0 fully saturated rings. The van der Waals surface area contributed by atoms with Gasteiger partial charge in [0, 0.05) is 19.3 Å². The molecule has 9 heteroatoms. The Kier molecular flexibility index (Phi) is 5.19. The van der Waals surface area contributed by atoms with Crippen molar-refractivity contribution in [3.05, 3.63) is 11.8 Å². The fraction of sp³-hybridized carbons (Fsp3) is 0.538. The van der Waals surface area contributed by atoms with Crippen LogP contribution in [0.3, 0.4) is 0 Å². The maximum Gasteiger partial charge on any atom is 0.244 e. The average molecular weight is 323 g/mol. The van der Waals surface area contributed by atoms with E-state index in [1.165, 1.54) is 11.8 Å². The highest BCUT2D eigenvalue weighted by Crippen LogP contribution is 2.24. The molecule has 0 aliphatic rings. The molecule has 1 amide bonds. The van der Waals surface area contributed by atoms with Crippen molar-refractivity contribution < 1.29 is 4.79 Å². The average Bonchev–Trinajstić information content (AvgIpc) is 3.00. The Morgan fingerprint density at radius 1 is 1.45 bits per heavy atom. The van der Waals surface area contributed by atoms with Gasteiger partial charge in [0.2, 0.25) is 5.91 Å². The van der Waals surface area contributed by atoms with Crippen molar-refractivity contribution in [1.29, 1.82) is 0 Å². The molecule has 0 bridgehead atoms. The summed E-state index contributed by atoms with van der Waals surface area (Å²) in [4.78, 5) is 11.3. The summed E-state index contributed by atoms with van der Waals surface area (Å²) in [5, 5.41) is 13.6. The van der Waals surface area contributed by atoms with Crippen molar-refractivity contribution >= 4 is 17.7 Å². The van der Waals surface area contributed by atoms with Gasteiger partial charge in [0.15, 0.2) is 11.0 Å². The van der Waals surface area contributed by atoms with Crippen molar-refractivity contribution in [3.63, 3.8) is 0 Å². The summed E-state index contributed by atoms with van der Waals surface area (Å²) < 4.78 is 3.80. The van der Waals surface area contributed by atoms with Crippen LogP contribution in [0.4, 0.5) is 0 Å². The molecule has 0 aliphatic carbocycles. The number of hydrogen-bond donors (Lipinski definition) is 2. The monoisotopic (exact) mass is 323 g/mol. The molecule has 0 aromatic carbocycles. The van der Waals surface area contributed by atoms with E-state index in [9.17, 15) is 4.79 Å². The van der Waals surface area contributed by atoms with E-state index in [4.69, 9.17) is 5.84 Å². The highest BCUT2D eigenvalue weighted by Gasteiger charge is 2.18. The zero-order valence-corrected chi connectivity index (χ0v) is 14.0. The normalized spacial score (nSPS) is 11.2. The van der Waals surface area contributed by atoms with Crippen molar-refractivity contribution in [2.24, 2.45) is 18.8 Å². The number of carbonyl (C=O) groups is 1. The number of amides is 1. The lowest BCUT2D eigenvalue weighted by Gasteiger charge is -2.11. The van der Waals surface area contributed by atoms with Gasteiger partial charge in [-0.15, -0.1) is 10.2 Å². The van der Waals surface area contributed by atoms with Crippen LogP contribution in [0.1, 0.15) is 19.5 Å². The first-order valence-corrected chi connectivity index (χ1v) is 7.97. The third-order valence-electron chi connectivity index (χ3n) is 3.10. The van der Waals surface area contributed by atoms with Crippen molar-refractivity contribution in [2.45, 2.75) is 32.5 Å². The number of nitrogens with one attached hydrogen (secondary N) is 1. The summed E-state index contributed by atoms with van der Waals surface area (Å²) in [5.41, 5.74) is 3.94. The van der Waals surface area contributed by atoms with Crippen molar-refractivity contribution in [3.8, 4) is 11.5 Å². The lowest BCUT2D eigenvalue weighted by molar-refractivity contribution is -0.118. The highest BCUT2D eigenvalue weighted by molar-refractivity contribution is 7.99. The Labute approximate surface area is 133 Å². The Morgan fingerprint density at radius 2 is 2.18 bits per heavy atom. The van der Waals surface area contributed by atoms with E-state index < -0.39 is 0 Å². The first-order valence-electron chi connectivity index (χ1n) is 6.98. The van der Waals surface area contributed by atoms with Gasteiger partial charge in [-0.1, -0.05) is 25.6 Å². The van der Waals surface area contributed by atoms with Gasteiger partial charge in [-0.3, -0.25) is 14.9 Å². The van der Waals surface area contributed by atoms with Crippen LogP contribution >= 0.6 is 11.8 Å². The lowest BCUT2D eigenvalue weighted by Crippen LogP contribution is -2.31. The van der Waals surface area contributed by atoms with Crippen molar-refractivity contribution in [1.82, 2.24) is 30.0 Å². The van der Waals surface area contributed by atoms with Crippen LogP contribution in [0.2, 0.25) is 0 Å². The summed E-state index contributed by atoms with van der Waals surface area (Å²) >= 11 is 1.31. The fourth-order valence-electron chi connectivity index (χ4n) is 1.96. The van der Waals surface area contributed by atoms with Crippen LogP contribution in [0, 0.1) is 12.8 Å². The summed E-state index contributed by atoms with van der Waals surface area (Å²) in [7, 11) is 1.89. The predicted molar refractivity (Wildman–Crippen MR) is 84.9 cm³/mol. The molecular formula is C13H21N7OS. The molecule has 0 saturated carbocycles. The number of hydrazine groups is 1. The lowest BCUT2D eigenvalue weighted by atomic mass is 10.2. The molecule has 2 heterocycles. The van der Waals surface area contributed by atoms with Crippen molar-refractivity contribution in [2.75, 3.05) is 5.75 Å². The molecule has 0 saturated heterocycles. The topological polar surface area (TPSA) is 104 Å². The van der Waals surface area contributed by atoms with Gasteiger partial charge < -0.3 is 4.57 Å². The molecule has 0 aliphatic heterocycles. The molecule has 3 N–H and O–H groups in total. The maximum absolute atomic E-state index is 11.3. The van der Waals surface area contributed by atoms with E-state index in [2.05, 4.69) is 34.6 Å². The molecule has 0 radical (unpaired) electrons. The van der Waals surface area contributed by atoms with Gasteiger partial charge in [0.1, 0.15) is 5.69 Å². The van der Waals surface area contributed by atoms with Crippen LogP contribution in [0.15, 0.2) is 11.2 Å². The summed E-state index contributed by atoms with van der Waals surface area (Å²) in [6, 6.07) is 1.97. The first kappa shape index (κ1) is 16.5. The molecule has 22 heavy (non-hydrogen) atoms. The maximum atomic E-state index is 11.3. The Bertz CT molecular complexity index is 642. The molecule has 2 aromatic heterocycles. The van der Waals surface area contributed by atoms with Gasteiger partial charge in [-0.25, -0.2) is 5.84 Å². The predicted octanol–water partition coefficient (Wildman–Crippen LogP) is 0.725. The largest absolute Gasteiger partial charge is 0.300 e. The number of hydrogen-bond acceptors (Lipinski definition) is 6. The Morgan fingerprint density at radius 3 is 2.73 bits per heavy atom. The summed E-state index contributed by atoms with van der Waals surface area (Å²) in [6.45, 7) is 6.98. The second-order valence-corrected chi connectivity index (χ2v) is 6.40. The quantitative estimate of drug-likeness (QED) is 0.351. The van der Waals surface area contributed by atoms with Crippen LogP contribution in [-0.4, -0.2) is 36.2 Å². The van der Waals surface area contributed by atoms with Gasteiger partial charge in [0.05, 0.1) is 5.75 Å². The highest BCUT2D eigenvalue weighted by atomic mass is 32.2. The first-order chi connectivity index (χ1) is 10.4. The molecule has 2 aromatic rings. The van der Waals surface area contributed by atoms with Crippen LogP contribution in [0.25, 0.3) is 11.5 Å². The Hall–Kier alpha value is -1.87. The molecule has 0 atom stereocenters. The number of rotatable bonds is 6. The van der Waals surface area contributed by atoms with Crippen LogP contribution in [-0.2, 0) is 18.4 Å². The smallest absolute Gasteiger partial charge is 0.244 e. The zero-order chi connectivity index (χ0) is 16.3. The number of carbonyl (C=O) groups excluding carboxylic acids is 1. The Balaban J connectivity index is 2.33. The molecule has 120 valence electrons.